The number of hydrogen-bond acceptors (Lipinski definition) is 4. The van der Waals surface area contributed by atoms with Crippen LogP contribution in [0.2, 0.25) is 0 Å². The highest BCUT2D eigenvalue weighted by Gasteiger charge is 2.42. The van der Waals surface area contributed by atoms with Crippen molar-refractivity contribution < 1.29 is 9.53 Å². The maximum absolute atomic E-state index is 11.8. The lowest BCUT2D eigenvalue weighted by Crippen LogP contribution is -2.52. The zero-order valence-electron chi connectivity index (χ0n) is 17.2. The number of hydrogen-bond donors (Lipinski definition) is 1. The SMILES string of the molecule is CC(C)(C)NC(=O)OCCN1CCC(c2ccccc2)(N2CCCC2)CC1. The third-order valence-electron chi connectivity index (χ3n) is 5.82. The normalized spacial score (nSPS) is 21.1. The lowest BCUT2D eigenvalue weighted by Gasteiger charge is -2.48. The van der Waals surface area contributed by atoms with Gasteiger partial charge in [0.2, 0.25) is 0 Å². The van der Waals surface area contributed by atoms with E-state index in [4.69, 9.17) is 4.74 Å². The van der Waals surface area contributed by atoms with Gasteiger partial charge >= 0.3 is 6.09 Å². The summed E-state index contributed by atoms with van der Waals surface area (Å²) in [5.74, 6) is 0. The van der Waals surface area contributed by atoms with Crippen molar-refractivity contribution in [3.8, 4) is 0 Å². The molecule has 0 spiro atoms. The topological polar surface area (TPSA) is 44.8 Å². The summed E-state index contributed by atoms with van der Waals surface area (Å²) in [6, 6.07) is 11.0. The number of amides is 1. The number of ether oxygens (including phenoxy) is 1. The van der Waals surface area contributed by atoms with Crippen LogP contribution in [-0.4, -0.2) is 60.8 Å². The van der Waals surface area contributed by atoms with E-state index < -0.39 is 0 Å². The van der Waals surface area contributed by atoms with Gasteiger partial charge in [0.15, 0.2) is 0 Å². The summed E-state index contributed by atoms with van der Waals surface area (Å²) in [6.07, 6.45) is 4.59. The van der Waals surface area contributed by atoms with Crippen LogP contribution in [0.4, 0.5) is 4.79 Å². The first-order chi connectivity index (χ1) is 12.9. The van der Waals surface area contributed by atoms with Gasteiger partial charge in [0.25, 0.3) is 0 Å². The van der Waals surface area contributed by atoms with E-state index in [1.54, 1.807) is 0 Å². The number of carbonyl (C=O) groups excluding carboxylic acids is 1. The average Bonchev–Trinajstić information content (AvgIpc) is 3.17. The summed E-state index contributed by atoms with van der Waals surface area (Å²) in [6.45, 7) is 11.7. The van der Waals surface area contributed by atoms with Crippen molar-refractivity contribution in [1.29, 1.82) is 0 Å². The molecule has 3 rings (SSSR count). The van der Waals surface area contributed by atoms with Gasteiger partial charge in [-0.3, -0.25) is 9.80 Å². The van der Waals surface area contributed by atoms with Gasteiger partial charge in [0.1, 0.15) is 6.61 Å². The molecule has 1 aromatic rings. The van der Waals surface area contributed by atoms with Crippen LogP contribution in [0.5, 0.6) is 0 Å². The highest BCUT2D eigenvalue weighted by molar-refractivity contribution is 5.68. The zero-order chi connectivity index (χ0) is 19.3. The maximum atomic E-state index is 11.8. The average molecular weight is 374 g/mol. The van der Waals surface area contributed by atoms with E-state index in [0.29, 0.717) is 6.61 Å². The van der Waals surface area contributed by atoms with Gasteiger partial charge in [-0.1, -0.05) is 30.3 Å². The summed E-state index contributed by atoms with van der Waals surface area (Å²) in [5, 5.41) is 2.84. The molecule has 0 atom stereocenters. The number of benzene rings is 1. The third-order valence-corrected chi connectivity index (χ3v) is 5.82. The molecule has 2 aliphatic rings. The van der Waals surface area contributed by atoms with Crippen molar-refractivity contribution in [3.05, 3.63) is 35.9 Å². The molecular weight excluding hydrogens is 338 g/mol. The minimum absolute atomic E-state index is 0.179. The quantitative estimate of drug-likeness (QED) is 0.857. The molecule has 0 aromatic heterocycles. The lowest BCUT2D eigenvalue weighted by molar-refractivity contribution is 0.0267. The van der Waals surface area contributed by atoms with E-state index in [1.807, 2.05) is 20.8 Å². The molecular formula is C22H35N3O2. The van der Waals surface area contributed by atoms with Gasteiger partial charge < -0.3 is 10.1 Å². The molecule has 0 saturated carbocycles. The molecule has 2 heterocycles. The monoisotopic (exact) mass is 373 g/mol. The first kappa shape index (κ1) is 20.2. The van der Waals surface area contributed by atoms with Crippen LogP contribution in [0, 0.1) is 0 Å². The summed E-state index contributed by atoms with van der Waals surface area (Å²) in [4.78, 5) is 17.0. The molecule has 0 aliphatic carbocycles. The predicted molar refractivity (Wildman–Crippen MR) is 109 cm³/mol. The van der Waals surface area contributed by atoms with Crippen LogP contribution in [-0.2, 0) is 10.3 Å². The second-order valence-corrected chi connectivity index (χ2v) is 8.94. The summed E-state index contributed by atoms with van der Waals surface area (Å²) < 4.78 is 5.36. The fraction of sp³-hybridized carbons (Fsp3) is 0.682. The molecule has 2 aliphatic heterocycles. The van der Waals surface area contributed by atoms with Gasteiger partial charge in [-0.15, -0.1) is 0 Å². The standard InChI is InChI=1S/C22H35N3O2/c1-21(2,3)23-20(26)27-18-17-24-15-11-22(12-16-24,25-13-7-8-14-25)19-9-5-4-6-10-19/h4-6,9-10H,7-8,11-18H2,1-3H3,(H,23,26). The second kappa shape index (κ2) is 8.61. The molecule has 1 N–H and O–H groups in total. The molecule has 0 unspecified atom stereocenters. The van der Waals surface area contributed by atoms with Crippen LogP contribution >= 0.6 is 0 Å². The smallest absolute Gasteiger partial charge is 0.407 e. The molecule has 150 valence electrons. The first-order valence-electron chi connectivity index (χ1n) is 10.4. The van der Waals surface area contributed by atoms with Crippen LogP contribution in [0.3, 0.4) is 0 Å². The Morgan fingerprint density at radius 3 is 2.30 bits per heavy atom. The molecule has 27 heavy (non-hydrogen) atoms. The van der Waals surface area contributed by atoms with Gasteiger partial charge in [0, 0.05) is 30.7 Å². The van der Waals surface area contributed by atoms with Crippen molar-refractivity contribution in [3.63, 3.8) is 0 Å². The number of alkyl carbamates (subject to hydrolysis) is 1. The Kier molecular flexibility index (Phi) is 6.43. The Morgan fingerprint density at radius 2 is 1.70 bits per heavy atom. The van der Waals surface area contributed by atoms with E-state index in [-0.39, 0.29) is 17.2 Å². The molecule has 1 amide bonds. The number of carbonyl (C=O) groups is 1. The van der Waals surface area contributed by atoms with E-state index in [1.165, 1.54) is 31.5 Å². The number of nitrogens with zero attached hydrogens (tertiary/aromatic N) is 2. The van der Waals surface area contributed by atoms with Gasteiger partial charge in [-0.05, 0) is 65.1 Å². The van der Waals surface area contributed by atoms with Crippen molar-refractivity contribution >= 4 is 6.09 Å². The summed E-state index contributed by atoms with van der Waals surface area (Å²) in [5.41, 5.74) is 1.39. The van der Waals surface area contributed by atoms with E-state index in [9.17, 15) is 4.79 Å². The van der Waals surface area contributed by atoms with Crippen LogP contribution < -0.4 is 5.32 Å². The van der Waals surface area contributed by atoms with E-state index in [2.05, 4.69) is 45.4 Å². The fourth-order valence-electron chi connectivity index (χ4n) is 4.44. The highest BCUT2D eigenvalue weighted by atomic mass is 16.5. The second-order valence-electron chi connectivity index (χ2n) is 8.94. The van der Waals surface area contributed by atoms with Crippen LogP contribution in [0.1, 0.15) is 52.0 Å². The number of piperidine rings is 1. The fourth-order valence-corrected chi connectivity index (χ4v) is 4.44. The Bertz CT molecular complexity index is 598. The zero-order valence-corrected chi connectivity index (χ0v) is 17.2. The molecule has 5 nitrogen and oxygen atoms in total. The Balaban J connectivity index is 1.53. The van der Waals surface area contributed by atoms with Crippen molar-refractivity contribution in [1.82, 2.24) is 15.1 Å². The van der Waals surface area contributed by atoms with Crippen molar-refractivity contribution in [2.75, 3.05) is 39.3 Å². The summed E-state index contributed by atoms with van der Waals surface area (Å²) in [7, 11) is 0. The molecule has 2 fully saturated rings. The number of likely N-dealkylation sites (tertiary alicyclic amines) is 2. The third kappa shape index (κ3) is 5.23. The highest BCUT2D eigenvalue weighted by Crippen LogP contribution is 2.40. The van der Waals surface area contributed by atoms with E-state index >= 15 is 0 Å². The van der Waals surface area contributed by atoms with Crippen LogP contribution in [0.15, 0.2) is 30.3 Å². The molecule has 2 saturated heterocycles. The van der Waals surface area contributed by atoms with Gasteiger partial charge in [-0.2, -0.15) is 0 Å². The van der Waals surface area contributed by atoms with Crippen LogP contribution in [0.25, 0.3) is 0 Å². The van der Waals surface area contributed by atoms with Crippen molar-refractivity contribution in [2.24, 2.45) is 0 Å². The Hall–Kier alpha value is -1.59. The maximum Gasteiger partial charge on any atom is 0.407 e. The van der Waals surface area contributed by atoms with Crippen molar-refractivity contribution in [2.45, 2.75) is 57.5 Å². The minimum Gasteiger partial charge on any atom is -0.448 e. The van der Waals surface area contributed by atoms with E-state index in [0.717, 1.165) is 32.5 Å². The predicted octanol–water partition coefficient (Wildman–Crippen LogP) is 3.60. The van der Waals surface area contributed by atoms with Gasteiger partial charge in [-0.25, -0.2) is 4.79 Å². The lowest BCUT2D eigenvalue weighted by atomic mass is 9.79. The first-order valence-corrected chi connectivity index (χ1v) is 10.4. The Morgan fingerprint density at radius 1 is 1.07 bits per heavy atom. The van der Waals surface area contributed by atoms with Gasteiger partial charge in [0.05, 0.1) is 0 Å². The summed E-state index contributed by atoms with van der Waals surface area (Å²) >= 11 is 0. The largest absolute Gasteiger partial charge is 0.448 e. The number of rotatable bonds is 5. The minimum atomic E-state index is -0.324. The molecule has 0 radical (unpaired) electrons. The molecule has 0 bridgehead atoms. The number of nitrogens with one attached hydrogen (secondary N) is 1. The molecule has 1 aromatic carbocycles. The Labute approximate surface area is 164 Å². The molecule has 5 heteroatoms.